The van der Waals surface area contributed by atoms with Gasteiger partial charge in [0.05, 0.1) is 8.07 Å². The summed E-state index contributed by atoms with van der Waals surface area (Å²) >= 11 is 0. The minimum absolute atomic E-state index is 0. The fraction of sp³-hybridized carbons (Fsp3) is 0.333. The first-order valence-corrected chi connectivity index (χ1v) is 14.5. The standard InChI is InChI=1S/C33H39Si.3ClH.Ti/c1-22-13-23(2)17-28(16-22)34(29-18-24(3)14-25(4)19-29,30-20-26(5)15-27(6)21-30)32-12-10-11-31(32)33(7,8)9;;;;/h10,13-21H,12H2,1-9H3;3*1H;/q-1;;;;+4/p-3. The van der Waals surface area contributed by atoms with E-state index in [0.29, 0.717) is 0 Å². The van der Waals surface area contributed by atoms with E-state index in [9.17, 15) is 0 Å². The van der Waals surface area contributed by atoms with Gasteiger partial charge in [-0.05, 0) is 47.0 Å². The van der Waals surface area contributed by atoms with E-state index < -0.39 is 8.07 Å². The van der Waals surface area contributed by atoms with Crippen LogP contribution in [0.2, 0.25) is 0 Å². The quantitative estimate of drug-likeness (QED) is 0.175. The monoisotopic (exact) mass is 616 g/mol. The molecule has 0 nitrogen and oxygen atoms in total. The molecule has 0 saturated heterocycles. The Labute approximate surface area is 265 Å². The molecule has 0 saturated carbocycles. The Bertz CT molecular complexity index is 1150. The fourth-order valence-electron chi connectivity index (χ4n) is 6.05. The Balaban J connectivity index is 0.00000342. The second-order valence-electron chi connectivity index (χ2n) is 11.5. The van der Waals surface area contributed by atoms with Gasteiger partial charge in [-0.15, -0.1) is 0 Å². The normalized spacial score (nSPS) is 12.8. The third-order valence-electron chi connectivity index (χ3n) is 7.02. The van der Waals surface area contributed by atoms with Gasteiger partial charge in [0.25, 0.3) is 0 Å². The van der Waals surface area contributed by atoms with E-state index in [1.54, 1.807) is 5.20 Å². The van der Waals surface area contributed by atoms with E-state index in [2.05, 4.69) is 129 Å². The van der Waals surface area contributed by atoms with Crippen molar-refractivity contribution in [2.24, 2.45) is 5.41 Å². The van der Waals surface area contributed by atoms with E-state index in [0.717, 1.165) is 6.42 Å². The van der Waals surface area contributed by atoms with Crippen LogP contribution >= 0.6 is 0 Å². The van der Waals surface area contributed by atoms with Crippen molar-refractivity contribution in [3.63, 3.8) is 0 Å². The van der Waals surface area contributed by atoms with Crippen LogP contribution in [-0.4, -0.2) is 8.07 Å². The van der Waals surface area contributed by atoms with E-state index in [1.165, 1.54) is 54.5 Å². The molecule has 0 fully saturated rings. The molecule has 1 aliphatic rings. The van der Waals surface area contributed by atoms with Gasteiger partial charge < -0.3 is 37.2 Å². The van der Waals surface area contributed by atoms with Crippen molar-refractivity contribution in [2.75, 3.05) is 0 Å². The van der Waals surface area contributed by atoms with Gasteiger partial charge in [0.15, 0.2) is 0 Å². The molecule has 0 aliphatic heterocycles. The largest absolute Gasteiger partial charge is 4.00 e. The molecular formula is C33H39Cl3SiTi. The molecule has 0 unspecified atom stereocenters. The Morgan fingerprint density at radius 3 is 1.11 bits per heavy atom. The number of halogens is 3. The Morgan fingerprint density at radius 2 is 0.842 bits per heavy atom. The summed E-state index contributed by atoms with van der Waals surface area (Å²) in [6, 6.07) is 21.8. The van der Waals surface area contributed by atoms with Crippen molar-refractivity contribution in [2.45, 2.75) is 68.7 Å². The Morgan fingerprint density at radius 1 is 0.553 bits per heavy atom. The maximum absolute atomic E-state index is 3.74. The first-order valence-electron chi connectivity index (χ1n) is 12.5. The molecular weight excluding hydrogens is 579 g/mol. The summed E-state index contributed by atoms with van der Waals surface area (Å²) in [6.07, 6.45) is 7.00. The zero-order chi connectivity index (χ0) is 24.8. The number of allylic oxidation sites excluding steroid dienone is 4. The molecule has 5 heteroatoms. The van der Waals surface area contributed by atoms with E-state index >= 15 is 0 Å². The first kappa shape index (κ1) is 36.9. The number of hydrogen-bond donors (Lipinski definition) is 0. The van der Waals surface area contributed by atoms with Crippen LogP contribution < -0.4 is 52.8 Å². The van der Waals surface area contributed by atoms with Crippen molar-refractivity contribution >= 4 is 23.6 Å². The minimum Gasteiger partial charge on any atom is -1.00 e. The molecule has 4 rings (SSSR count). The average Bonchev–Trinajstić information content (AvgIpc) is 3.17. The van der Waals surface area contributed by atoms with Crippen LogP contribution in [0, 0.1) is 53.0 Å². The van der Waals surface area contributed by atoms with Gasteiger partial charge >= 0.3 is 21.7 Å². The minimum atomic E-state index is -2.57. The first-order chi connectivity index (χ1) is 15.9. The maximum Gasteiger partial charge on any atom is 4.00 e. The second kappa shape index (κ2) is 14.0. The summed E-state index contributed by atoms with van der Waals surface area (Å²) in [4.78, 5) is 0. The molecule has 1 aliphatic carbocycles. The third-order valence-corrected chi connectivity index (χ3v) is 11.8. The van der Waals surface area contributed by atoms with E-state index in [1.807, 2.05) is 0 Å². The molecule has 3 aromatic rings. The molecule has 38 heavy (non-hydrogen) atoms. The SMILES string of the molecule is Cc1cc(C)cc([Si](C2=C(C(C)(C)C)[C-]=CC2)(c2cc(C)cc(C)c2)c2cc(C)cc(C)c2)c1.[Cl-].[Cl-].[Cl-].[Ti+4]. The van der Waals surface area contributed by atoms with Crippen LogP contribution in [0.3, 0.4) is 0 Å². The molecule has 0 N–H and O–H groups in total. The average molecular weight is 618 g/mol. The zero-order valence-electron chi connectivity index (χ0n) is 24.1. The number of rotatable bonds is 4. The smallest absolute Gasteiger partial charge is 1.00 e. The van der Waals surface area contributed by atoms with Gasteiger partial charge in [-0.25, -0.2) is 10.8 Å². The van der Waals surface area contributed by atoms with Crippen molar-refractivity contribution in [1.29, 1.82) is 0 Å². The van der Waals surface area contributed by atoms with Crippen LogP contribution in [0.4, 0.5) is 0 Å². The molecule has 0 radical (unpaired) electrons. The number of hydrogen-bond acceptors (Lipinski definition) is 0. The molecule has 0 heterocycles. The number of aryl methyl sites for hydroxylation is 6. The summed E-state index contributed by atoms with van der Waals surface area (Å²) in [5.74, 6) is 0. The molecule has 0 spiro atoms. The number of benzene rings is 3. The summed E-state index contributed by atoms with van der Waals surface area (Å²) in [5.41, 5.74) is 9.49. The summed E-state index contributed by atoms with van der Waals surface area (Å²) in [6.45, 7) is 20.5. The summed E-state index contributed by atoms with van der Waals surface area (Å²) in [7, 11) is -2.57. The van der Waals surface area contributed by atoms with E-state index in [4.69, 9.17) is 0 Å². The van der Waals surface area contributed by atoms with Crippen LogP contribution in [-0.2, 0) is 21.7 Å². The van der Waals surface area contributed by atoms with Gasteiger partial charge in [-0.1, -0.05) is 131 Å². The van der Waals surface area contributed by atoms with Crippen LogP contribution in [0.5, 0.6) is 0 Å². The van der Waals surface area contributed by atoms with Crippen molar-refractivity contribution < 1.29 is 58.9 Å². The third kappa shape index (κ3) is 7.17. The van der Waals surface area contributed by atoms with Crippen molar-refractivity contribution in [3.8, 4) is 0 Å². The molecule has 200 valence electrons. The molecule has 0 bridgehead atoms. The Kier molecular flexibility index (Phi) is 13.6. The van der Waals surface area contributed by atoms with Crippen molar-refractivity contribution in [1.82, 2.24) is 0 Å². The van der Waals surface area contributed by atoms with E-state index in [-0.39, 0.29) is 64.4 Å². The molecule has 0 atom stereocenters. The van der Waals surface area contributed by atoms with Gasteiger partial charge in [0, 0.05) is 0 Å². The predicted molar refractivity (Wildman–Crippen MR) is 151 cm³/mol. The summed E-state index contributed by atoms with van der Waals surface area (Å²) < 4.78 is 0. The summed E-state index contributed by atoms with van der Waals surface area (Å²) in [5, 5.41) is 6.08. The van der Waals surface area contributed by atoms with Crippen LogP contribution in [0.1, 0.15) is 60.6 Å². The van der Waals surface area contributed by atoms with Crippen LogP contribution in [0.15, 0.2) is 71.4 Å². The predicted octanol–water partition coefficient (Wildman–Crippen LogP) is -2.34. The van der Waals surface area contributed by atoms with Gasteiger partial charge in [-0.3, -0.25) is 6.08 Å². The molecule has 0 aromatic heterocycles. The zero-order valence-corrected chi connectivity index (χ0v) is 28.9. The second-order valence-corrected chi connectivity index (χ2v) is 15.4. The molecule has 0 amide bonds. The topological polar surface area (TPSA) is 0 Å². The van der Waals surface area contributed by atoms with Gasteiger partial charge in [0.2, 0.25) is 0 Å². The Hall–Kier alpha value is -1.06. The molecule has 3 aromatic carbocycles. The van der Waals surface area contributed by atoms with Gasteiger partial charge in [0.1, 0.15) is 0 Å². The van der Waals surface area contributed by atoms with Gasteiger partial charge in [-0.2, -0.15) is 6.08 Å². The van der Waals surface area contributed by atoms with Crippen LogP contribution in [0.25, 0.3) is 0 Å². The van der Waals surface area contributed by atoms with Crippen molar-refractivity contribution in [3.05, 3.63) is 111 Å². The fourth-order valence-corrected chi connectivity index (χ4v) is 12.0. The maximum atomic E-state index is 3.74.